The fourth-order valence-electron chi connectivity index (χ4n) is 1.54. The van der Waals surface area contributed by atoms with Crippen LogP contribution < -0.4 is 5.32 Å². The van der Waals surface area contributed by atoms with E-state index in [1.807, 2.05) is 0 Å². The van der Waals surface area contributed by atoms with Crippen LogP contribution in [0.5, 0.6) is 0 Å². The molecule has 0 saturated carbocycles. The van der Waals surface area contributed by atoms with E-state index in [9.17, 15) is 9.59 Å². The van der Waals surface area contributed by atoms with Crippen LogP contribution in [0.3, 0.4) is 0 Å². The second kappa shape index (κ2) is 7.17. The number of hydrogen-bond acceptors (Lipinski definition) is 5. The molecule has 100 valence electrons. The number of nitrogens with one attached hydrogen (secondary N) is 1. The first-order valence-electron chi connectivity index (χ1n) is 5.76. The predicted octanol–water partition coefficient (Wildman–Crippen LogP) is -0.0269. The third-order valence-corrected chi connectivity index (χ3v) is 2.82. The highest BCUT2D eigenvalue weighted by Crippen LogP contribution is 2.08. The van der Waals surface area contributed by atoms with Gasteiger partial charge in [-0.25, -0.2) is 0 Å². The minimum atomic E-state index is -0.876. The Balaban J connectivity index is 2.60. The molecule has 0 aromatic heterocycles. The van der Waals surface area contributed by atoms with Gasteiger partial charge in [-0.2, -0.15) is 0 Å². The van der Waals surface area contributed by atoms with E-state index in [2.05, 4.69) is 10.3 Å². The number of rotatable bonds is 6. The standard InChI is InChI=1S/C11H17N3O3S/c1-3-14-10(16)8(9(15)13-11(14)18)7-12-5-4-6-17-2/h7-8H,3-6H2,1-2H3,(H,13,15,18)/t8-/m1/s1. The van der Waals surface area contributed by atoms with Crippen LogP contribution in [-0.2, 0) is 14.3 Å². The molecule has 0 radical (unpaired) electrons. The van der Waals surface area contributed by atoms with Crippen LogP contribution in [0.15, 0.2) is 4.99 Å². The quantitative estimate of drug-likeness (QED) is 0.319. The molecule has 1 aliphatic heterocycles. The molecule has 1 atom stereocenters. The minimum absolute atomic E-state index is 0.163. The molecule has 0 aromatic carbocycles. The Morgan fingerprint density at radius 2 is 2.28 bits per heavy atom. The Hall–Kier alpha value is -1.34. The maximum Gasteiger partial charge on any atom is 0.246 e. The fourth-order valence-corrected chi connectivity index (χ4v) is 1.86. The number of carbonyl (C=O) groups is 2. The number of thiocarbonyl (C=S) groups is 1. The number of methoxy groups -OCH3 is 1. The molecule has 0 aliphatic carbocycles. The van der Waals surface area contributed by atoms with Crippen LogP contribution in [0.1, 0.15) is 13.3 Å². The van der Waals surface area contributed by atoms with Crippen LogP contribution in [0.25, 0.3) is 0 Å². The van der Waals surface area contributed by atoms with Crippen LogP contribution in [0.4, 0.5) is 0 Å². The molecule has 1 N–H and O–H groups in total. The van der Waals surface area contributed by atoms with Gasteiger partial charge >= 0.3 is 0 Å². The lowest BCUT2D eigenvalue weighted by atomic mass is 10.1. The van der Waals surface area contributed by atoms with E-state index < -0.39 is 11.8 Å². The van der Waals surface area contributed by atoms with Crippen molar-refractivity contribution < 1.29 is 14.3 Å². The molecule has 2 amide bonds. The third kappa shape index (κ3) is 3.58. The van der Waals surface area contributed by atoms with Crippen molar-refractivity contribution in [2.24, 2.45) is 10.9 Å². The predicted molar refractivity (Wildman–Crippen MR) is 71.5 cm³/mol. The van der Waals surface area contributed by atoms with E-state index in [1.54, 1.807) is 14.0 Å². The molecule has 0 aromatic rings. The molecule has 6 nitrogen and oxygen atoms in total. The van der Waals surface area contributed by atoms with E-state index >= 15 is 0 Å². The SMILES string of the molecule is CCN1C(=O)[C@H](C=NCCCOC)C(=O)NC1=S. The zero-order valence-corrected chi connectivity index (χ0v) is 11.3. The van der Waals surface area contributed by atoms with E-state index in [1.165, 1.54) is 11.1 Å². The maximum atomic E-state index is 12.0. The van der Waals surface area contributed by atoms with Crippen molar-refractivity contribution in [3.05, 3.63) is 0 Å². The molecule has 1 aliphatic rings. The number of hydrogen-bond donors (Lipinski definition) is 1. The van der Waals surface area contributed by atoms with Gasteiger partial charge < -0.3 is 10.1 Å². The second-order valence-corrected chi connectivity index (χ2v) is 4.14. The third-order valence-electron chi connectivity index (χ3n) is 2.50. The molecule has 1 rings (SSSR count). The average Bonchev–Trinajstić information content (AvgIpc) is 2.32. The van der Waals surface area contributed by atoms with Gasteiger partial charge in [0.25, 0.3) is 0 Å². The molecule has 0 spiro atoms. The number of carbonyl (C=O) groups excluding carboxylic acids is 2. The van der Waals surface area contributed by atoms with Gasteiger partial charge in [-0.15, -0.1) is 0 Å². The first-order chi connectivity index (χ1) is 8.61. The van der Waals surface area contributed by atoms with Crippen molar-refractivity contribution in [3.63, 3.8) is 0 Å². The second-order valence-electron chi connectivity index (χ2n) is 3.76. The smallest absolute Gasteiger partial charge is 0.246 e. The lowest BCUT2D eigenvalue weighted by Gasteiger charge is -2.29. The summed E-state index contributed by atoms with van der Waals surface area (Å²) in [4.78, 5) is 29.0. The molecular weight excluding hydrogens is 254 g/mol. The summed E-state index contributed by atoms with van der Waals surface area (Å²) in [5.41, 5.74) is 0. The Bertz CT molecular complexity index is 371. The van der Waals surface area contributed by atoms with E-state index in [-0.39, 0.29) is 11.0 Å². The Kier molecular flexibility index (Phi) is 5.87. The number of aliphatic imine (C=N–C) groups is 1. The molecule has 1 heterocycles. The molecule has 1 fully saturated rings. The van der Waals surface area contributed by atoms with Gasteiger partial charge in [0.15, 0.2) is 11.0 Å². The van der Waals surface area contributed by atoms with E-state index in [0.717, 1.165) is 6.42 Å². The molecule has 0 bridgehead atoms. The van der Waals surface area contributed by atoms with Crippen LogP contribution in [0, 0.1) is 5.92 Å². The lowest BCUT2D eigenvalue weighted by Crippen LogP contribution is -2.58. The molecule has 7 heteroatoms. The summed E-state index contributed by atoms with van der Waals surface area (Å²) in [7, 11) is 1.61. The lowest BCUT2D eigenvalue weighted by molar-refractivity contribution is -0.137. The summed E-state index contributed by atoms with van der Waals surface area (Å²) in [6.45, 7) is 3.37. The highest BCUT2D eigenvalue weighted by molar-refractivity contribution is 7.80. The van der Waals surface area contributed by atoms with Crippen molar-refractivity contribution in [1.29, 1.82) is 0 Å². The highest BCUT2D eigenvalue weighted by atomic mass is 32.1. The summed E-state index contributed by atoms with van der Waals surface area (Å²) in [5.74, 6) is -1.61. The van der Waals surface area contributed by atoms with Crippen LogP contribution in [0.2, 0.25) is 0 Å². The molecule has 1 saturated heterocycles. The monoisotopic (exact) mass is 271 g/mol. The van der Waals surface area contributed by atoms with E-state index in [0.29, 0.717) is 19.7 Å². The van der Waals surface area contributed by atoms with Gasteiger partial charge in [0.2, 0.25) is 11.8 Å². The van der Waals surface area contributed by atoms with Crippen molar-refractivity contribution >= 4 is 35.4 Å². The number of nitrogens with zero attached hydrogens (tertiary/aromatic N) is 2. The van der Waals surface area contributed by atoms with Gasteiger partial charge in [0.05, 0.1) is 0 Å². The average molecular weight is 271 g/mol. The summed E-state index contributed by atoms with van der Waals surface area (Å²) < 4.78 is 4.88. The summed E-state index contributed by atoms with van der Waals surface area (Å²) >= 11 is 4.92. The summed E-state index contributed by atoms with van der Waals surface area (Å²) in [6.07, 6.45) is 2.14. The van der Waals surface area contributed by atoms with Crippen molar-refractivity contribution in [2.45, 2.75) is 13.3 Å². The Labute approximate surface area is 111 Å². The van der Waals surface area contributed by atoms with Crippen LogP contribution in [-0.4, -0.2) is 54.8 Å². The maximum absolute atomic E-state index is 12.0. The van der Waals surface area contributed by atoms with Crippen molar-refractivity contribution in [1.82, 2.24) is 10.2 Å². The van der Waals surface area contributed by atoms with Gasteiger partial charge in [0, 0.05) is 33.0 Å². The minimum Gasteiger partial charge on any atom is -0.385 e. The van der Waals surface area contributed by atoms with E-state index in [4.69, 9.17) is 17.0 Å². The molecule has 18 heavy (non-hydrogen) atoms. The van der Waals surface area contributed by atoms with Gasteiger partial charge in [-0.05, 0) is 25.6 Å². The normalized spacial score (nSPS) is 20.7. The van der Waals surface area contributed by atoms with Crippen molar-refractivity contribution in [3.8, 4) is 0 Å². The molecular formula is C11H17N3O3S. The number of ether oxygens (including phenoxy) is 1. The van der Waals surface area contributed by atoms with Gasteiger partial charge in [0.1, 0.15) is 0 Å². The van der Waals surface area contributed by atoms with Gasteiger partial charge in [-0.3, -0.25) is 19.5 Å². The zero-order valence-electron chi connectivity index (χ0n) is 10.5. The summed E-state index contributed by atoms with van der Waals surface area (Å²) in [5, 5.41) is 2.66. The first kappa shape index (κ1) is 14.7. The molecule has 0 unspecified atom stereocenters. The highest BCUT2D eigenvalue weighted by Gasteiger charge is 2.36. The van der Waals surface area contributed by atoms with Crippen LogP contribution >= 0.6 is 12.2 Å². The number of amides is 2. The largest absolute Gasteiger partial charge is 0.385 e. The first-order valence-corrected chi connectivity index (χ1v) is 6.17. The van der Waals surface area contributed by atoms with Crippen molar-refractivity contribution in [2.75, 3.05) is 26.8 Å². The zero-order chi connectivity index (χ0) is 13.5. The topological polar surface area (TPSA) is 71.0 Å². The summed E-state index contributed by atoms with van der Waals surface area (Å²) in [6, 6.07) is 0. The Morgan fingerprint density at radius 1 is 1.56 bits per heavy atom. The fraction of sp³-hybridized carbons (Fsp3) is 0.636. The van der Waals surface area contributed by atoms with Gasteiger partial charge in [-0.1, -0.05) is 0 Å². The Morgan fingerprint density at radius 3 is 2.89 bits per heavy atom.